The van der Waals surface area contributed by atoms with Crippen LogP contribution in [-0.2, 0) is 0 Å². The van der Waals surface area contributed by atoms with Crippen molar-refractivity contribution < 1.29 is 4.42 Å². The molecule has 0 spiro atoms. The zero-order chi connectivity index (χ0) is 33.5. The lowest BCUT2D eigenvalue weighted by atomic mass is 9.84. The van der Waals surface area contributed by atoms with Gasteiger partial charge in [0.15, 0.2) is 0 Å². The Kier molecular flexibility index (Phi) is 6.02. The summed E-state index contributed by atoms with van der Waals surface area (Å²) in [7, 11) is 0. The van der Waals surface area contributed by atoms with Crippen LogP contribution in [0, 0.1) is 0 Å². The Morgan fingerprint density at radius 1 is 0.235 bits per heavy atom. The number of rotatable bonds is 3. The van der Waals surface area contributed by atoms with Gasteiger partial charge in [-0.3, -0.25) is 0 Å². The SMILES string of the molecule is c1ccc2cc(-c3c4ccccc4c(-c4ccc5ccccc5c4)c4cc(-c5ccc6c(c5)oc5cc7ccccc7cc56)ccc34)ccc2c1. The molecule has 11 rings (SSSR count). The second kappa shape index (κ2) is 10.9. The van der Waals surface area contributed by atoms with Gasteiger partial charge in [-0.15, -0.1) is 0 Å². The average Bonchev–Trinajstić information content (AvgIpc) is 3.55. The highest BCUT2D eigenvalue weighted by Crippen LogP contribution is 2.46. The summed E-state index contributed by atoms with van der Waals surface area (Å²) in [6.45, 7) is 0. The van der Waals surface area contributed by atoms with E-state index in [0.29, 0.717) is 0 Å². The van der Waals surface area contributed by atoms with E-state index in [0.717, 1.165) is 33.1 Å². The molecule has 1 nitrogen and oxygen atoms in total. The zero-order valence-electron chi connectivity index (χ0n) is 27.7. The van der Waals surface area contributed by atoms with Gasteiger partial charge in [-0.1, -0.05) is 140 Å². The molecule has 1 heteroatoms. The predicted molar refractivity (Wildman–Crippen MR) is 218 cm³/mol. The number of furan rings is 1. The van der Waals surface area contributed by atoms with E-state index in [2.05, 4.69) is 182 Å². The molecule has 10 aromatic carbocycles. The summed E-state index contributed by atoms with van der Waals surface area (Å²) in [5.41, 5.74) is 9.10. The van der Waals surface area contributed by atoms with Crippen LogP contribution in [0.3, 0.4) is 0 Å². The molecule has 11 aromatic rings. The van der Waals surface area contributed by atoms with Gasteiger partial charge in [-0.25, -0.2) is 0 Å². The Bertz CT molecular complexity index is 3200. The number of benzene rings is 10. The Balaban J connectivity index is 1.19. The molecule has 0 saturated heterocycles. The molecule has 0 amide bonds. The smallest absolute Gasteiger partial charge is 0.136 e. The third kappa shape index (κ3) is 4.42. The Hall–Kier alpha value is -6.70. The first-order valence-corrected chi connectivity index (χ1v) is 17.6. The van der Waals surface area contributed by atoms with Crippen LogP contribution < -0.4 is 0 Å². The highest BCUT2D eigenvalue weighted by atomic mass is 16.3. The fraction of sp³-hybridized carbons (Fsp3) is 0. The molecule has 0 unspecified atom stereocenters. The molecular weight excluding hydrogens is 617 g/mol. The minimum absolute atomic E-state index is 0.906. The van der Waals surface area contributed by atoms with Crippen molar-refractivity contribution in [1.29, 1.82) is 0 Å². The normalized spacial score (nSPS) is 11.9. The molecule has 0 aliphatic carbocycles. The maximum atomic E-state index is 6.51. The standard InChI is InChI=1S/C50H30O/c1-3-11-33-25-39(19-17-31(33)9-1)49-42-15-7-8-16-43(42)50(40-20-18-32-10-2-4-12-34(32)26-40)46-28-37(22-24-44(46)49)38-21-23-41-45-27-35-13-5-6-14-36(35)29-48(45)51-47(41)30-38/h1-30H. The van der Waals surface area contributed by atoms with Gasteiger partial charge >= 0.3 is 0 Å². The molecule has 0 atom stereocenters. The summed E-state index contributed by atoms with van der Waals surface area (Å²) in [5.74, 6) is 0. The maximum Gasteiger partial charge on any atom is 0.136 e. The van der Waals surface area contributed by atoms with E-state index in [1.165, 1.54) is 76.1 Å². The van der Waals surface area contributed by atoms with E-state index >= 15 is 0 Å². The van der Waals surface area contributed by atoms with Gasteiger partial charge in [-0.05, 0) is 130 Å². The van der Waals surface area contributed by atoms with Crippen molar-refractivity contribution in [2.75, 3.05) is 0 Å². The number of hydrogen-bond donors (Lipinski definition) is 0. The summed E-state index contributed by atoms with van der Waals surface area (Å²) in [5, 5.41) is 14.7. The minimum Gasteiger partial charge on any atom is -0.456 e. The largest absolute Gasteiger partial charge is 0.456 e. The molecule has 1 heterocycles. The van der Waals surface area contributed by atoms with Gasteiger partial charge in [0.2, 0.25) is 0 Å². The molecule has 0 aliphatic rings. The van der Waals surface area contributed by atoms with Crippen molar-refractivity contribution in [3.05, 3.63) is 182 Å². The monoisotopic (exact) mass is 646 g/mol. The Labute approximate surface area is 294 Å². The third-order valence-corrected chi connectivity index (χ3v) is 10.8. The molecule has 236 valence electrons. The van der Waals surface area contributed by atoms with Crippen LogP contribution in [0.4, 0.5) is 0 Å². The Morgan fingerprint density at radius 2 is 0.667 bits per heavy atom. The van der Waals surface area contributed by atoms with Crippen molar-refractivity contribution in [1.82, 2.24) is 0 Å². The van der Waals surface area contributed by atoms with E-state index in [1.807, 2.05) is 0 Å². The summed E-state index contributed by atoms with van der Waals surface area (Å²) < 4.78 is 6.51. The fourth-order valence-electron chi connectivity index (χ4n) is 8.31. The van der Waals surface area contributed by atoms with Crippen LogP contribution in [0.2, 0.25) is 0 Å². The van der Waals surface area contributed by atoms with Crippen LogP contribution >= 0.6 is 0 Å². The van der Waals surface area contributed by atoms with Gasteiger partial charge in [0.05, 0.1) is 0 Å². The Morgan fingerprint density at radius 3 is 1.29 bits per heavy atom. The van der Waals surface area contributed by atoms with Crippen LogP contribution in [0.5, 0.6) is 0 Å². The van der Waals surface area contributed by atoms with Gasteiger partial charge < -0.3 is 4.42 Å². The third-order valence-electron chi connectivity index (χ3n) is 10.8. The van der Waals surface area contributed by atoms with Crippen LogP contribution in [0.25, 0.3) is 109 Å². The molecule has 0 bridgehead atoms. The summed E-state index contributed by atoms with van der Waals surface area (Å²) in [6.07, 6.45) is 0. The van der Waals surface area contributed by atoms with Crippen molar-refractivity contribution >= 4 is 75.8 Å². The summed E-state index contributed by atoms with van der Waals surface area (Å²) in [6, 6.07) is 66.6. The molecule has 1 aromatic heterocycles. The highest BCUT2D eigenvalue weighted by Gasteiger charge is 2.19. The second-order valence-electron chi connectivity index (χ2n) is 13.7. The highest BCUT2D eigenvalue weighted by molar-refractivity contribution is 6.23. The minimum atomic E-state index is 0.906. The van der Waals surface area contributed by atoms with Gasteiger partial charge in [0.1, 0.15) is 11.2 Å². The first-order chi connectivity index (χ1) is 25.2. The average molecular weight is 647 g/mol. The predicted octanol–water partition coefficient (Wildman–Crippen LogP) is 14.4. The number of fused-ring (bicyclic) bond motifs is 8. The second-order valence-corrected chi connectivity index (χ2v) is 13.7. The summed E-state index contributed by atoms with van der Waals surface area (Å²) in [4.78, 5) is 0. The van der Waals surface area contributed by atoms with Gasteiger partial charge in [-0.2, -0.15) is 0 Å². The van der Waals surface area contributed by atoms with Gasteiger partial charge in [0, 0.05) is 10.8 Å². The molecule has 0 radical (unpaired) electrons. The van der Waals surface area contributed by atoms with Crippen molar-refractivity contribution in [2.24, 2.45) is 0 Å². The number of hydrogen-bond acceptors (Lipinski definition) is 1. The first kappa shape index (κ1) is 28.2. The molecule has 0 saturated carbocycles. The first-order valence-electron chi connectivity index (χ1n) is 17.6. The van der Waals surface area contributed by atoms with Crippen molar-refractivity contribution in [2.45, 2.75) is 0 Å². The van der Waals surface area contributed by atoms with Crippen molar-refractivity contribution in [3.8, 4) is 33.4 Å². The fourth-order valence-corrected chi connectivity index (χ4v) is 8.31. The maximum absolute atomic E-state index is 6.51. The van der Waals surface area contributed by atoms with E-state index in [4.69, 9.17) is 4.42 Å². The van der Waals surface area contributed by atoms with Crippen LogP contribution in [0.15, 0.2) is 186 Å². The molecule has 51 heavy (non-hydrogen) atoms. The lowest BCUT2D eigenvalue weighted by Gasteiger charge is -2.19. The summed E-state index contributed by atoms with van der Waals surface area (Å²) >= 11 is 0. The lowest BCUT2D eigenvalue weighted by molar-refractivity contribution is 0.669. The van der Waals surface area contributed by atoms with Gasteiger partial charge in [0.25, 0.3) is 0 Å². The lowest BCUT2D eigenvalue weighted by Crippen LogP contribution is -1.92. The topological polar surface area (TPSA) is 13.1 Å². The molecular formula is C50H30O. The molecule has 0 aliphatic heterocycles. The van der Waals surface area contributed by atoms with Crippen LogP contribution in [-0.4, -0.2) is 0 Å². The van der Waals surface area contributed by atoms with E-state index in [-0.39, 0.29) is 0 Å². The van der Waals surface area contributed by atoms with E-state index in [1.54, 1.807) is 0 Å². The van der Waals surface area contributed by atoms with E-state index in [9.17, 15) is 0 Å². The zero-order valence-corrected chi connectivity index (χ0v) is 27.7. The molecule has 0 N–H and O–H groups in total. The molecule has 0 fully saturated rings. The quantitative estimate of drug-likeness (QED) is 0.174. The van der Waals surface area contributed by atoms with Crippen molar-refractivity contribution in [3.63, 3.8) is 0 Å². The van der Waals surface area contributed by atoms with E-state index < -0.39 is 0 Å². The van der Waals surface area contributed by atoms with Crippen LogP contribution in [0.1, 0.15) is 0 Å².